The van der Waals surface area contributed by atoms with Gasteiger partial charge in [0.25, 0.3) is 0 Å². The Bertz CT molecular complexity index is 685. The van der Waals surface area contributed by atoms with E-state index in [9.17, 15) is 4.79 Å². The minimum atomic E-state index is -0.0770. The van der Waals surface area contributed by atoms with Crippen LogP contribution in [-0.4, -0.2) is 26.7 Å². The molecular formula is C19H23NO4. The number of amides is 1. The third-order valence-corrected chi connectivity index (χ3v) is 3.58. The third-order valence-electron chi connectivity index (χ3n) is 3.58. The molecule has 0 aliphatic heterocycles. The Morgan fingerprint density at radius 1 is 1.04 bits per heavy atom. The molecule has 0 aromatic heterocycles. The van der Waals surface area contributed by atoms with Crippen molar-refractivity contribution in [1.82, 2.24) is 0 Å². The summed E-state index contributed by atoms with van der Waals surface area (Å²) in [5.41, 5.74) is 1.72. The van der Waals surface area contributed by atoms with Crippen molar-refractivity contribution in [2.75, 3.05) is 26.1 Å². The van der Waals surface area contributed by atoms with E-state index in [1.54, 1.807) is 32.4 Å². The Morgan fingerprint density at radius 2 is 1.83 bits per heavy atom. The molecule has 2 rings (SSSR count). The highest BCUT2D eigenvalue weighted by atomic mass is 16.5. The summed E-state index contributed by atoms with van der Waals surface area (Å²) in [5.74, 6) is 2.02. The van der Waals surface area contributed by atoms with E-state index in [1.807, 2.05) is 31.2 Å². The summed E-state index contributed by atoms with van der Waals surface area (Å²) in [5, 5.41) is 2.85. The van der Waals surface area contributed by atoms with Gasteiger partial charge < -0.3 is 19.5 Å². The molecule has 5 heteroatoms. The Labute approximate surface area is 142 Å². The number of rotatable bonds is 8. The fourth-order valence-electron chi connectivity index (χ4n) is 2.25. The molecule has 1 amide bonds. The highest BCUT2D eigenvalue weighted by Crippen LogP contribution is 2.29. The molecule has 128 valence electrons. The zero-order valence-electron chi connectivity index (χ0n) is 14.3. The van der Waals surface area contributed by atoms with Crippen molar-refractivity contribution < 1.29 is 19.0 Å². The van der Waals surface area contributed by atoms with Gasteiger partial charge in [0.05, 0.1) is 26.5 Å². The average Bonchev–Trinajstić information content (AvgIpc) is 2.60. The van der Waals surface area contributed by atoms with E-state index < -0.39 is 0 Å². The Hall–Kier alpha value is -2.69. The van der Waals surface area contributed by atoms with Gasteiger partial charge in [0.1, 0.15) is 17.2 Å². The van der Waals surface area contributed by atoms with Gasteiger partial charge in [-0.3, -0.25) is 4.79 Å². The van der Waals surface area contributed by atoms with Gasteiger partial charge in [-0.15, -0.1) is 0 Å². The summed E-state index contributed by atoms with van der Waals surface area (Å²) in [6.07, 6.45) is 1.01. The van der Waals surface area contributed by atoms with Gasteiger partial charge in [0.2, 0.25) is 5.91 Å². The van der Waals surface area contributed by atoms with Crippen LogP contribution in [0.2, 0.25) is 0 Å². The van der Waals surface area contributed by atoms with Crippen molar-refractivity contribution in [1.29, 1.82) is 0 Å². The van der Waals surface area contributed by atoms with Gasteiger partial charge in [0, 0.05) is 12.5 Å². The first-order valence-corrected chi connectivity index (χ1v) is 7.84. The second-order valence-corrected chi connectivity index (χ2v) is 5.33. The fraction of sp³-hybridized carbons (Fsp3) is 0.316. The number of nitrogens with one attached hydrogen (secondary N) is 1. The van der Waals surface area contributed by atoms with E-state index in [2.05, 4.69) is 5.32 Å². The minimum absolute atomic E-state index is 0.0770. The molecule has 5 nitrogen and oxygen atoms in total. The van der Waals surface area contributed by atoms with Crippen LogP contribution in [0.3, 0.4) is 0 Å². The van der Waals surface area contributed by atoms with Gasteiger partial charge in [-0.2, -0.15) is 0 Å². The quantitative estimate of drug-likeness (QED) is 0.748. The molecule has 0 bridgehead atoms. The van der Waals surface area contributed by atoms with Crippen LogP contribution < -0.4 is 19.5 Å². The van der Waals surface area contributed by atoms with Crippen molar-refractivity contribution in [2.24, 2.45) is 0 Å². The highest BCUT2D eigenvalue weighted by molar-refractivity contribution is 5.92. The summed E-state index contributed by atoms with van der Waals surface area (Å²) in [6, 6.07) is 13.1. The lowest BCUT2D eigenvalue weighted by atomic mass is 10.2. The number of hydrogen-bond donors (Lipinski definition) is 1. The molecule has 0 radical (unpaired) electrons. The molecule has 0 aliphatic rings. The molecule has 0 heterocycles. The van der Waals surface area contributed by atoms with Crippen LogP contribution in [0.5, 0.6) is 17.2 Å². The number of carbonyl (C=O) groups is 1. The van der Waals surface area contributed by atoms with E-state index in [4.69, 9.17) is 14.2 Å². The lowest BCUT2D eigenvalue weighted by Crippen LogP contribution is -2.13. The number of methoxy groups -OCH3 is 2. The van der Waals surface area contributed by atoms with Crippen LogP contribution >= 0.6 is 0 Å². The molecular weight excluding hydrogens is 306 g/mol. The second-order valence-electron chi connectivity index (χ2n) is 5.33. The van der Waals surface area contributed by atoms with Crippen molar-refractivity contribution in [2.45, 2.75) is 19.8 Å². The Balaban J connectivity index is 1.80. The number of anilines is 1. The summed E-state index contributed by atoms with van der Waals surface area (Å²) in [4.78, 5) is 12.1. The summed E-state index contributed by atoms with van der Waals surface area (Å²) in [6.45, 7) is 2.50. The number of hydrogen-bond acceptors (Lipinski definition) is 4. The molecule has 0 unspecified atom stereocenters. The van der Waals surface area contributed by atoms with Gasteiger partial charge in [0.15, 0.2) is 0 Å². The molecule has 0 spiro atoms. The van der Waals surface area contributed by atoms with Crippen molar-refractivity contribution >= 4 is 11.6 Å². The van der Waals surface area contributed by atoms with Crippen molar-refractivity contribution in [3.8, 4) is 17.2 Å². The van der Waals surface area contributed by atoms with Crippen LogP contribution in [0.1, 0.15) is 18.4 Å². The third kappa shape index (κ3) is 4.91. The zero-order valence-corrected chi connectivity index (χ0v) is 14.3. The van der Waals surface area contributed by atoms with Gasteiger partial charge >= 0.3 is 0 Å². The molecule has 1 N–H and O–H groups in total. The lowest BCUT2D eigenvalue weighted by Gasteiger charge is -2.12. The molecule has 0 saturated carbocycles. The first-order valence-electron chi connectivity index (χ1n) is 7.84. The van der Waals surface area contributed by atoms with E-state index in [0.29, 0.717) is 36.6 Å². The second kappa shape index (κ2) is 8.82. The fourth-order valence-corrected chi connectivity index (χ4v) is 2.25. The smallest absolute Gasteiger partial charge is 0.224 e. The Morgan fingerprint density at radius 3 is 2.54 bits per heavy atom. The van der Waals surface area contributed by atoms with Gasteiger partial charge in [-0.1, -0.05) is 18.2 Å². The lowest BCUT2D eigenvalue weighted by molar-refractivity contribution is -0.116. The van der Waals surface area contributed by atoms with Gasteiger partial charge in [-0.25, -0.2) is 0 Å². The van der Waals surface area contributed by atoms with Crippen LogP contribution in [0.4, 0.5) is 5.69 Å². The average molecular weight is 329 g/mol. The molecule has 0 aliphatic carbocycles. The maximum Gasteiger partial charge on any atom is 0.224 e. The SMILES string of the molecule is COc1ccc(NC(=O)CCCOc2ccccc2C)c(OC)c1. The predicted molar refractivity (Wildman–Crippen MR) is 94.1 cm³/mol. The van der Waals surface area contributed by atoms with E-state index in [-0.39, 0.29) is 5.91 Å². The van der Waals surface area contributed by atoms with E-state index in [0.717, 1.165) is 11.3 Å². The molecule has 2 aromatic carbocycles. The van der Waals surface area contributed by atoms with Crippen LogP contribution in [0.25, 0.3) is 0 Å². The molecule has 0 saturated heterocycles. The van der Waals surface area contributed by atoms with Gasteiger partial charge in [-0.05, 0) is 37.1 Å². The van der Waals surface area contributed by atoms with Crippen LogP contribution in [-0.2, 0) is 4.79 Å². The van der Waals surface area contributed by atoms with Crippen molar-refractivity contribution in [3.05, 3.63) is 48.0 Å². The number of carbonyl (C=O) groups excluding carboxylic acids is 1. The summed E-state index contributed by atoms with van der Waals surface area (Å²) >= 11 is 0. The largest absolute Gasteiger partial charge is 0.497 e. The summed E-state index contributed by atoms with van der Waals surface area (Å²) < 4.78 is 16.1. The first kappa shape index (κ1) is 17.7. The molecule has 2 aromatic rings. The molecule has 0 atom stereocenters. The number of benzene rings is 2. The first-order chi connectivity index (χ1) is 11.6. The standard InChI is InChI=1S/C19H23NO4/c1-14-7-4-5-8-17(14)24-12-6-9-19(21)20-16-11-10-15(22-2)13-18(16)23-3/h4-5,7-8,10-11,13H,6,9,12H2,1-3H3,(H,20,21). The number of para-hydroxylation sites is 1. The maximum absolute atomic E-state index is 12.1. The van der Waals surface area contributed by atoms with Crippen LogP contribution in [0.15, 0.2) is 42.5 Å². The number of ether oxygens (including phenoxy) is 3. The van der Waals surface area contributed by atoms with Crippen molar-refractivity contribution in [3.63, 3.8) is 0 Å². The Kier molecular flexibility index (Phi) is 6.49. The van der Waals surface area contributed by atoms with E-state index >= 15 is 0 Å². The summed E-state index contributed by atoms with van der Waals surface area (Å²) in [7, 11) is 3.14. The number of aryl methyl sites for hydroxylation is 1. The molecule has 0 fully saturated rings. The maximum atomic E-state index is 12.1. The molecule has 24 heavy (non-hydrogen) atoms. The zero-order chi connectivity index (χ0) is 17.4. The highest BCUT2D eigenvalue weighted by Gasteiger charge is 2.09. The van der Waals surface area contributed by atoms with Crippen LogP contribution in [0, 0.1) is 6.92 Å². The normalized spacial score (nSPS) is 10.1. The monoisotopic (exact) mass is 329 g/mol. The minimum Gasteiger partial charge on any atom is -0.497 e. The predicted octanol–water partition coefficient (Wildman–Crippen LogP) is 3.81. The topological polar surface area (TPSA) is 56.8 Å². The van der Waals surface area contributed by atoms with E-state index in [1.165, 1.54) is 0 Å².